The van der Waals surface area contributed by atoms with E-state index < -0.39 is 10.7 Å². The number of nitro groups is 1. The molecule has 0 radical (unpaired) electrons. The highest BCUT2D eigenvalue weighted by Gasteiger charge is 2.16. The lowest BCUT2D eigenvalue weighted by molar-refractivity contribution is -0.390. The van der Waals surface area contributed by atoms with Crippen LogP contribution in [-0.4, -0.2) is 34.7 Å². The molecule has 1 aromatic carbocycles. The fourth-order valence-corrected chi connectivity index (χ4v) is 2.75. The van der Waals surface area contributed by atoms with E-state index >= 15 is 0 Å². The summed E-state index contributed by atoms with van der Waals surface area (Å²) in [6, 6.07) is 10.8. The molecule has 0 aliphatic heterocycles. The molecule has 0 saturated carbocycles. The minimum atomic E-state index is -0.651. The van der Waals surface area contributed by atoms with Crippen molar-refractivity contribution >= 4 is 39.4 Å². The summed E-state index contributed by atoms with van der Waals surface area (Å²) in [5.74, 6) is -0.0667. The van der Waals surface area contributed by atoms with Crippen LogP contribution in [-0.2, 0) is 4.79 Å². The fraction of sp³-hybridized carbons (Fsp3) is 0.200. The van der Waals surface area contributed by atoms with Gasteiger partial charge in [-0.05, 0) is 46.3 Å². The lowest BCUT2D eigenvalue weighted by atomic mass is 10.4. The number of thioether (sulfide) groups is 1. The van der Waals surface area contributed by atoms with Crippen LogP contribution in [0.25, 0.3) is 0 Å². The number of ether oxygens (including phenoxy) is 1. The number of pyridine rings is 1. The smallest absolute Gasteiger partial charge is 0.406 e. The average Bonchev–Trinajstić information content (AvgIpc) is 2.58. The third kappa shape index (κ3) is 5.82. The monoisotopic (exact) mass is 411 g/mol. The molecule has 0 aliphatic carbocycles. The van der Waals surface area contributed by atoms with Crippen LogP contribution in [0.2, 0.25) is 0 Å². The van der Waals surface area contributed by atoms with E-state index in [1.807, 2.05) is 24.3 Å². The molecule has 9 heteroatoms. The molecule has 0 atom stereocenters. The van der Waals surface area contributed by atoms with Crippen molar-refractivity contribution in [3.63, 3.8) is 0 Å². The number of halogens is 1. The van der Waals surface area contributed by atoms with E-state index in [9.17, 15) is 14.9 Å². The van der Waals surface area contributed by atoms with E-state index in [2.05, 4.69) is 26.2 Å². The highest BCUT2D eigenvalue weighted by Crippen LogP contribution is 2.22. The summed E-state index contributed by atoms with van der Waals surface area (Å²) in [4.78, 5) is 26.6. The van der Waals surface area contributed by atoms with Crippen molar-refractivity contribution in [2.75, 3.05) is 18.9 Å². The number of carbonyl (C=O) groups excluding carboxylic acids is 1. The van der Waals surface area contributed by atoms with Gasteiger partial charge in [0.1, 0.15) is 6.20 Å². The number of nitrogens with one attached hydrogen (secondary N) is 1. The van der Waals surface area contributed by atoms with Gasteiger partial charge in [-0.15, -0.1) is 11.8 Å². The average molecular weight is 412 g/mol. The van der Waals surface area contributed by atoms with Crippen LogP contribution in [0.5, 0.6) is 5.75 Å². The number of rotatable bonds is 8. The summed E-state index contributed by atoms with van der Waals surface area (Å²) in [6.45, 7) is 0.174. The standard InChI is InChI=1S/C15H14BrN3O4S/c16-11-3-5-12(6-4-11)24-9-8-17-14(20)10-23-13-2-1-7-18-15(13)19(21)22/h1-7H,8-10H2,(H,17,20). The maximum absolute atomic E-state index is 11.7. The molecule has 0 fully saturated rings. The Hall–Kier alpha value is -2.13. The first-order chi connectivity index (χ1) is 11.6. The van der Waals surface area contributed by atoms with Crippen LogP contribution in [0.4, 0.5) is 5.82 Å². The first-order valence-electron chi connectivity index (χ1n) is 6.93. The first-order valence-corrected chi connectivity index (χ1v) is 8.71. The van der Waals surface area contributed by atoms with Crippen LogP contribution in [0.1, 0.15) is 0 Å². The zero-order valence-corrected chi connectivity index (χ0v) is 14.9. The second-order valence-corrected chi connectivity index (χ2v) is 6.61. The Bertz CT molecular complexity index is 712. The van der Waals surface area contributed by atoms with Gasteiger partial charge < -0.3 is 20.2 Å². The SMILES string of the molecule is O=C(COc1cccnc1[N+](=O)[O-])NCCSc1ccc(Br)cc1. The summed E-state index contributed by atoms with van der Waals surface area (Å²) in [6.07, 6.45) is 1.30. The summed E-state index contributed by atoms with van der Waals surface area (Å²) >= 11 is 4.99. The highest BCUT2D eigenvalue weighted by atomic mass is 79.9. The normalized spacial score (nSPS) is 10.2. The maximum Gasteiger partial charge on any atom is 0.406 e. The molecule has 1 heterocycles. The van der Waals surface area contributed by atoms with Gasteiger partial charge in [0.2, 0.25) is 5.75 Å². The number of carbonyl (C=O) groups is 1. The second-order valence-electron chi connectivity index (χ2n) is 4.52. The van der Waals surface area contributed by atoms with Crippen LogP contribution in [0, 0.1) is 10.1 Å². The van der Waals surface area contributed by atoms with E-state index in [0.717, 1.165) is 9.37 Å². The number of hydrogen-bond donors (Lipinski definition) is 1. The largest absolute Gasteiger partial charge is 0.476 e. The van der Waals surface area contributed by atoms with Gasteiger partial charge in [0, 0.05) is 21.7 Å². The Kier molecular flexibility index (Phi) is 7.01. The zero-order valence-electron chi connectivity index (χ0n) is 12.5. The molecule has 0 saturated heterocycles. The predicted octanol–water partition coefficient (Wildman–Crippen LogP) is 3.04. The van der Waals surface area contributed by atoms with Crippen molar-refractivity contribution in [2.24, 2.45) is 0 Å². The van der Waals surface area contributed by atoms with Crippen molar-refractivity contribution in [3.05, 3.63) is 57.2 Å². The minimum absolute atomic E-state index is 0.0260. The van der Waals surface area contributed by atoms with E-state index in [1.165, 1.54) is 18.3 Å². The van der Waals surface area contributed by atoms with Gasteiger partial charge in [-0.2, -0.15) is 0 Å². The van der Waals surface area contributed by atoms with Gasteiger partial charge >= 0.3 is 5.82 Å². The number of benzene rings is 1. The van der Waals surface area contributed by atoms with Crippen LogP contribution in [0.15, 0.2) is 52.0 Å². The Morgan fingerprint density at radius 3 is 2.79 bits per heavy atom. The van der Waals surface area contributed by atoms with Gasteiger partial charge in [0.25, 0.3) is 5.91 Å². The summed E-state index contributed by atoms with van der Waals surface area (Å²) in [5, 5.41) is 13.5. The number of amides is 1. The van der Waals surface area contributed by atoms with Crippen LogP contribution < -0.4 is 10.1 Å². The van der Waals surface area contributed by atoms with Crippen LogP contribution >= 0.6 is 27.7 Å². The van der Waals surface area contributed by atoms with Crippen molar-refractivity contribution in [2.45, 2.75) is 4.90 Å². The molecule has 7 nitrogen and oxygen atoms in total. The number of hydrogen-bond acceptors (Lipinski definition) is 6. The zero-order chi connectivity index (χ0) is 17.4. The van der Waals surface area contributed by atoms with Crippen molar-refractivity contribution in [1.29, 1.82) is 0 Å². The quantitative estimate of drug-likeness (QED) is 0.310. The van der Waals surface area contributed by atoms with Crippen molar-refractivity contribution in [1.82, 2.24) is 10.3 Å². The molecule has 1 amide bonds. The molecule has 0 aliphatic rings. The number of aromatic nitrogens is 1. The minimum Gasteiger partial charge on any atom is -0.476 e. The fourth-order valence-electron chi connectivity index (χ4n) is 1.72. The van der Waals surface area contributed by atoms with Gasteiger partial charge in [-0.25, -0.2) is 0 Å². The highest BCUT2D eigenvalue weighted by molar-refractivity contribution is 9.10. The maximum atomic E-state index is 11.7. The van der Waals surface area contributed by atoms with Gasteiger partial charge in [0.05, 0.1) is 0 Å². The predicted molar refractivity (Wildman–Crippen MR) is 94.3 cm³/mol. The molecule has 2 aromatic rings. The Balaban J connectivity index is 1.70. The summed E-state index contributed by atoms with van der Waals surface area (Å²) in [5.41, 5.74) is 0. The van der Waals surface area contributed by atoms with Gasteiger partial charge in [-0.1, -0.05) is 15.9 Å². The summed E-state index contributed by atoms with van der Waals surface area (Å²) in [7, 11) is 0. The molecule has 2 rings (SSSR count). The Morgan fingerprint density at radius 1 is 1.33 bits per heavy atom. The molecule has 1 N–H and O–H groups in total. The third-order valence-corrected chi connectivity index (χ3v) is 4.33. The molecule has 1 aromatic heterocycles. The van der Waals surface area contributed by atoms with E-state index in [0.29, 0.717) is 12.3 Å². The third-order valence-electron chi connectivity index (χ3n) is 2.79. The van der Waals surface area contributed by atoms with E-state index in [4.69, 9.17) is 4.74 Å². The topological polar surface area (TPSA) is 94.4 Å². The van der Waals surface area contributed by atoms with Crippen molar-refractivity contribution < 1.29 is 14.5 Å². The molecule has 0 bridgehead atoms. The molecular weight excluding hydrogens is 398 g/mol. The van der Waals surface area contributed by atoms with Crippen LogP contribution in [0.3, 0.4) is 0 Å². The summed E-state index contributed by atoms with van der Waals surface area (Å²) < 4.78 is 6.18. The lowest BCUT2D eigenvalue weighted by Crippen LogP contribution is -2.30. The molecular formula is C15H14BrN3O4S. The van der Waals surface area contributed by atoms with E-state index in [-0.39, 0.29) is 18.3 Å². The van der Waals surface area contributed by atoms with Gasteiger partial charge in [0.15, 0.2) is 6.61 Å². The molecule has 0 spiro atoms. The van der Waals surface area contributed by atoms with E-state index in [1.54, 1.807) is 11.8 Å². The Labute approximate surface area is 151 Å². The molecule has 126 valence electrons. The number of nitrogens with zero attached hydrogens (tertiary/aromatic N) is 2. The molecule has 24 heavy (non-hydrogen) atoms. The van der Waals surface area contributed by atoms with Crippen molar-refractivity contribution in [3.8, 4) is 5.75 Å². The Morgan fingerprint density at radius 2 is 2.08 bits per heavy atom. The second kappa shape index (κ2) is 9.24. The first kappa shape index (κ1) is 18.2. The lowest BCUT2D eigenvalue weighted by Gasteiger charge is -2.07. The molecule has 0 unspecified atom stereocenters. The van der Waals surface area contributed by atoms with Gasteiger partial charge in [-0.3, -0.25) is 4.79 Å².